The molecule has 0 saturated carbocycles. The van der Waals surface area contributed by atoms with Gasteiger partial charge in [0, 0.05) is 0 Å². The van der Waals surface area contributed by atoms with Gasteiger partial charge in [0.1, 0.15) is 0 Å². The summed E-state index contributed by atoms with van der Waals surface area (Å²) in [5.41, 5.74) is 2.55. The van der Waals surface area contributed by atoms with Crippen LogP contribution in [-0.4, -0.2) is 0 Å². The highest BCUT2D eigenvalue weighted by atomic mass is 13.9. The average Bonchev–Trinajstić information content (AvgIpc) is 1.87. The molecule has 0 aromatic heterocycles. The van der Waals surface area contributed by atoms with E-state index in [-0.39, 0.29) is 0 Å². The molecule has 72 valence electrons. The lowest BCUT2D eigenvalue weighted by Gasteiger charge is -1.97. The molecule has 0 aliphatic carbocycles. The first-order valence-electron chi connectivity index (χ1n) is 4.71. The van der Waals surface area contributed by atoms with E-state index in [4.69, 9.17) is 0 Å². The molecule has 0 heteroatoms. The van der Waals surface area contributed by atoms with E-state index in [2.05, 4.69) is 40.9 Å². The minimum atomic E-state index is 0.657. The molecule has 0 atom stereocenters. The van der Waals surface area contributed by atoms with Crippen LogP contribution in [0.4, 0.5) is 0 Å². The molecule has 0 radical (unpaired) electrons. The Morgan fingerprint density at radius 3 is 1.50 bits per heavy atom. The molecule has 0 amide bonds. The van der Waals surface area contributed by atoms with Crippen molar-refractivity contribution in [1.29, 1.82) is 0 Å². The van der Waals surface area contributed by atoms with Crippen molar-refractivity contribution in [2.24, 2.45) is 5.92 Å². The van der Waals surface area contributed by atoms with Crippen LogP contribution in [0.25, 0.3) is 0 Å². The molecule has 0 rings (SSSR count). The number of hydrogen-bond donors (Lipinski definition) is 0. The summed E-state index contributed by atoms with van der Waals surface area (Å²) < 4.78 is 0. The van der Waals surface area contributed by atoms with Gasteiger partial charge in [0.2, 0.25) is 0 Å². The zero-order valence-electron chi connectivity index (χ0n) is 9.41. The molecule has 0 aliphatic rings. The normalized spacial score (nSPS) is 8.83. The fourth-order valence-electron chi connectivity index (χ4n) is 0.427. The van der Waals surface area contributed by atoms with Crippen LogP contribution in [-0.2, 0) is 0 Å². The Balaban J connectivity index is 0. The van der Waals surface area contributed by atoms with Crippen molar-refractivity contribution in [2.45, 2.75) is 47.5 Å². The van der Waals surface area contributed by atoms with Crippen LogP contribution in [0.2, 0.25) is 0 Å². The number of hydrogen-bond acceptors (Lipinski definition) is 0. The smallest absolute Gasteiger partial charge is 0.0266 e. The largest absolute Gasteiger partial charge is 0.100 e. The molecule has 0 nitrogen and oxygen atoms in total. The summed E-state index contributed by atoms with van der Waals surface area (Å²) in [7, 11) is 0. The maximum Gasteiger partial charge on any atom is -0.0266 e. The third kappa shape index (κ3) is 16.2. The molecule has 0 aliphatic heterocycles. The van der Waals surface area contributed by atoms with Crippen LogP contribution >= 0.6 is 0 Å². The zero-order valence-corrected chi connectivity index (χ0v) is 9.41. The van der Waals surface area contributed by atoms with Crippen molar-refractivity contribution in [1.82, 2.24) is 0 Å². The first-order chi connectivity index (χ1) is 5.41. The topological polar surface area (TPSA) is 0 Å². The Morgan fingerprint density at radius 1 is 1.17 bits per heavy atom. The summed E-state index contributed by atoms with van der Waals surface area (Å²) in [6.45, 7) is 18.0. The summed E-state index contributed by atoms with van der Waals surface area (Å²) >= 11 is 0. The van der Waals surface area contributed by atoms with Crippen molar-refractivity contribution in [3.05, 3.63) is 24.3 Å². The molecule has 0 aromatic rings. The highest BCUT2D eigenvalue weighted by Crippen LogP contribution is 2.02. The van der Waals surface area contributed by atoms with Crippen LogP contribution in [0, 0.1) is 5.92 Å². The van der Waals surface area contributed by atoms with Crippen molar-refractivity contribution in [3.8, 4) is 0 Å². The maximum atomic E-state index is 3.75. The predicted octanol–water partition coefficient (Wildman–Crippen LogP) is 4.58. The molecular weight excluding hydrogens is 144 g/mol. The van der Waals surface area contributed by atoms with Gasteiger partial charge in [0.05, 0.1) is 0 Å². The van der Waals surface area contributed by atoms with E-state index >= 15 is 0 Å². The van der Waals surface area contributed by atoms with Gasteiger partial charge < -0.3 is 0 Å². The standard InChI is InChI=1S/2C6H12/c1-5(2)6(3)4;1-4-5-6(2)3/h6H,1H2,2-4H3;2,4-5H2,1,3H3. The van der Waals surface area contributed by atoms with Crippen LogP contribution in [0.5, 0.6) is 0 Å². The number of allylic oxidation sites excluding steroid dienone is 2. The summed E-state index contributed by atoms with van der Waals surface area (Å²) in [6.07, 6.45) is 2.41. The van der Waals surface area contributed by atoms with Gasteiger partial charge in [-0.25, -0.2) is 0 Å². The van der Waals surface area contributed by atoms with Gasteiger partial charge in [-0.3, -0.25) is 0 Å². The van der Waals surface area contributed by atoms with Gasteiger partial charge in [-0.1, -0.05) is 44.9 Å². The minimum Gasteiger partial charge on any atom is -0.100 e. The van der Waals surface area contributed by atoms with Crippen molar-refractivity contribution < 1.29 is 0 Å². The Labute approximate surface area is 78.4 Å². The van der Waals surface area contributed by atoms with Crippen LogP contribution in [0.1, 0.15) is 47.5 Å². The summed E-state index contributed by atoms with van der Waals surface area (Å²) in [5.74, 6) is 0.657. The summed E-state index contributed by atoms with van der Waals surface area (Å²) in [5, 5.41) is 0. The molecular formula is C12H24. The van der Waals surface area contributed by atoms with Gasteiger partial charge in [0.25, 0.3) is 0 Å². The lowest BCUT2D eigenvalue weighted by molar-refractivity contribution is 0.773. The Hall–Kier alpha value is -0.520. The van der Waals surface area contributed by atoms with E-state index in [1.54, 1.807) is 0 Å². The van der Waals surface area contributed by atoms with Gasteiger partial charge >= 0.3 is 0 Å². The van der Waals surface area contributed by atoms with E-state index in [1.807, 2.05) is 6.92 Å². The summed E-state index contributed by atoms with van der Waals surface area (Å²) in [4.78, 5) is 0. The Morgan fingerprint density at radius 2 is 1.50 bits per heavy atom. The average molecular weight is 168 g/mol. The molecule has 0 fully saturated rings. The predicted molar refractivity (Wildman–Crippen MR) is 59.4 cm³/mol. The van der Waals surface area contributed by atoms with Gasteiger partial charge in [0.15, 0.2) is 0 Å². The Bertz CT molecular complexity index is 129. The molecule has 0 heterocycles. The van der Waals surface area contributed by atoms with Crippen molar-refractivity contribution >= 4 is 0 Å². The van der Waals surface area contributed by atoms with E-state index in [0.29, 0.717) is 5.92 Å². The fourth-order valence-corrected chi connectivity index (χ4v) is 0.427. The molecule has 0 N–H and O–H groups in total. The van der Waals surface area contributed by atoms with E-state index in [1.165, 1.54) is 24.0 Å². The summed E-state index contributed by atoms with van der Waals surface area (Å²) in [6, 6.07) is 0. The van der Waals surface area contributed by atoms with Gasteiger partial charge in [-0.15, -0.1) is 6.58 Å². The third-order valence-corrected chi connectivity index (χ3v) is 1.66. The second-order valence-electron chi connectivity index (χ2n) is 3.71. The first kappa shape index (κ1) is 14.0. The second kappa shape index (κ2) is 8.58. The highest BCUT2D eigenvalue weighted by Gasteiger charge is 1.87. The lowest BCUT2D eigenvalue weighted by atomic mass is 10.1. The quantitative estimate of drug-likeness (QED) is 0.541. The van der Waals surface area contributed by atoms with Crippen LogP contribution < -0.4 is 0 Å². The molecule has 0 aromatic carbocycles. The van der Waals surface area contributed by atoms with Crippen LogP contribution in [0.3, 0.4) is 0 Å². The van der Waals surface area contributed by atoms with E-state index < -0.39 is 0 Å². The highest BCUT2D eigenvalue weighted by molar-refractivity contribution is 4.90. The van der Waals surface area contributed by atoms with E-state index in [9.17, 15) is 0 Å². The minimum absolute atomic E-state index is 0.657. The van der Waals surface area contributed by atoms with Gasteiger partial charge in [-0.2, -0.15) is 0 Å². The molecule has 12 heavy (non-hydrogen) atoms. The zero-order chi connectivity index (χ0) is 10.1. The maximum absolute atomic E-state index is 3.75. The fraction of sp³-hybridized carbons (Fsp3) is 0.667. The Kier molecular flexibility index (Phi) is 10.0. The first-order valence-corrected chi connectivity index (χ1v) is 4.71. The van der Waals surface area contributed by atoms with Crippen molar-refractivity contribution in [2.75, 3.05) is 0 Å². The van der Waals surface area contributed by atoms with E-state index in [0.717, 1.165) is 0 Å². The monoisotopic (exact) mass is 168 g/mol. The second-order valence-corrected chi connectivity index (χ2v) is 3.71. The molecule has 0 bridgehead atoms. The molecule has 0 unspecified atom stereocenters. The third-order valence-electron chi connectivity index (χ3n) is 1.66. The molecule has 0 spiro atoms. The molecule has 0 saturated heterocycles. The SMILES string of the molecule is C=C(C)C(C)C.C=C(C)CCC. The van der Waals surface area contributed by atoms with Crippen LogP contribution in [0.15, 0.2) is 24.3 Å². The lowest BCUT2D eigenvalue weighted by Crippen LogP contribution is -1.83. The number of rotatable bonds is 3. The van der Waals surface area contributed by atoms with Gasteiger partial charge in [-0.05, 0) is 26.2 Å². The van der Waals surface area contributed by atoms with Crippen molar-refractivity contribution in [3.63, 3.8) is 0 Å².